The number of nitrogens with zero attached hydrogens (tertiary/aromatic N) is 2. The van der Waals surface area contributed by atoms with Crippen molar-refractivity contribution in [3.8, 4) is 5.88 Å². The minimum atomic E-state index is -1.65. The van der Waals surface area contributed by atoms with Gasteiger partial charge in [0.25, 0.3) is 5.91 Å². The average molecular weight is 339 g/mol. The highest BCUT2D eigenvalue weighted by Gasteiger charge is 2.16. The molecule has 1 N–H and O–H groups in total. The molecule has 0 aliphatic rings. The van der Waals surface area contributed by atoms with E-state index in [1.54, 1.807) is 11.4 Å². The van der Waals surface area contributed by atoms with Gasteiger partial charge in [-0.15, -0.1) is 11.3 Å². The molecule has 1 aromatic carbocycles. The fraction of sp³-hybridized carbons (Fsp3) is 0.0714. The molecule has 0 aliphatic carbocycles. The van der Waals surface area contributed by atoms with Crippen molar-refractivity contribution in [1.29, 1.82) is 0 Å². The van der Waals surface area contributed by atoms with E-state index in [0.717, 1.165) is 6.07 Å². The van der Waals surface area contributed by atoms with E-state index in [-0.39, 0.29) is 5.88 Å². The SMILES string of the molecule is O=C(COc1ncnc2sccc12)Nc1ccc(F)c(F)c1F. The van der Waals surface area contributed by atoms with Crippen LogP contribution in [0, 0.1) is 17.5 Å². The fourth-order valence-electron chi connectivity index (χ4n) is 1.82. The third-order valence-electron chi connectivity index (χ3n) is 2.87. The first-order chi connectivity index (χ1) is 11.1. The van der Waals surface area contributed by atoms with Gasteiger partial charge in [0.15, 0.2) is 24.1 Å². The van der Waals surface area contributed by atoms with Crippen molar-refractivity contribution in [3.63, 3.8) is 0 Å². The molecule has 1 amide bonds. The summed E-state index contributed by atoms with van der Waals surface area (Å²) in [4.78, 5) is 20.4. The van der Waals surface area contributed by atoms with Gasteiger partial charge in [-0.3, -0.25) is 4.79 Å². The van der Waals surface area contributed by atoms with Crippen LogP contribution < -0.4 is 10.1 Å². The second-order valence-electron chi connectivity index (χ2n) is 4.38. The van der Waals surface area contributed by atoms with Crippen LogP contribution in [-0.2, 0) is 4.79 Å². The number of ether oxygens (including phenoxy) is 1. The lowest BCUT2D eigenvalue weighted by atomic mass is 10.3. The second-order valence-corrected chi connectivity index (χ2v) is 5.27. The summed E-state index contributed by atoms with van der Waals surface area (Å²) in [5.74, 6) is -4.99. The molecule has 3 rings (SSSR count). The monoisotopic (exact) mass is 339 g/mol. The summed E-state index contributed by atoms with van der Waals surface area (Å²) in [7, 11) is 0. The minimum absolute atomic E-state index is 0.206. The number of rotatable bonds is 4. The molecule has 3 aromatic rings. The van der Waals surface area contributed by atoms with Crippen molar-refractivity contribution < 1.29 is 22.7 Å². The highest BCUT2D eigenvalue weighted by molar-refractivity contribution is 7.16. The molecule has 0 saturated heterocycles. The number of nitrogens with one attached hydrogen (secondary N) is 1. The van der Waals surface area contributed by atoms with Gasteiger partial charge in [0.2, 0.25) is 5.88 Å². The Kier molecular flexibility index (Phi) is 4.11. The third-order valence-corrected chi connectivity index (χ3v) is 3.70. The van der Waals surface area contributed by atoms with Crippen LogP contribution in [0.5, 0.6) is 5.88 Å². The Hall–Kier alpha value is -2.68. The average Bonchev–Trinajstić information content (AvgIpc) is 3.02. The molecule has 0 radical (unpaired) electrons. The molecule has 9 heteroatoms. The number of hydrogen-bond donors (Lipinski definition) is 1. The van der Waals surface area contributed by atoms with E-state index in [2.05, 4.69) is 15.3 Å². The molecular formula is C14H8F3N3O2S. The smallest absolute Gasteiger partial charge is 0.262 e. The summed E-state index contributed by atoms with van der Waals surface area (Å²) < 4.78 is 44.6. The molecular weight excluding hydrogens is 331 g/mol. The van der Waals surface area contributed by atoms with Gasteiger partial charge >= 0.3 is 0 Å². The number of amides is 1. The lowest BCUT2D eigenvalue weighted by Gasteiger charge is -2.08. The molecule has 118 valence electrons. The highest BCUT2D eigenvalue weighted by Crippen LogP contribution is 2.25. The molecule has 0 unspecified atom stereocenters. The van der Waals surface area contributed by atoms with Crippen molar-refractivity contribution >= 4 is 33.1 Å². The molecule has 5 nitrogen and oxygen atoms in total. The van der Waals surface area contributed by atoms with Crippen LogP contribution in [0.3, 0.4) is 0 Å². The molecule has 0 spiro atoms. The quantitative estimate of drug-likeness (QED) is 0.742. The van der Waals surface area contributed by atoms with Crippen LogP contribution >= 0.6 is 11.3 Å². The Balaban J connectivity index is 1.69. The summed E-state index contributed by atoms with van der Waals surface area (Å²) in [5, 5.41) is 4.54. The van der Waals surface area contributed by atoms with Gasteiger partial charge in [-0.25, -0.2) is 23.1 Å². The summed E-state index contributed by atoms with van der Waals surface area (Å²) >= 11 is 1.38. The van der Waals surface area contributed by atoms with E-state index < -0.39 is 35.7 Å². The Bertz CT molecular complexity index is 885. The Morgan fingerprint density at radius 2 is 2.00 bits per heavy atom. The van der Waals surface area contributed by atoms with Crippen molar-refractivity contribution in [2.75, 3.05) is 11.9 Å². The first-order valence-corrected chi connectivity index (χ1v) is 7.18. The van der Waals surface area contributed by atoms with Crippen LogP contribution in [0.4, 0.5) is 18.9 Å². The number of aromatic nitrogens is 2. The first kappa shape index (κ1) is 15.2. The van der Waals surface area contributed by atoms with Crippen molar-refractivity contribution in [3.05, 3.63) is 47.4 Å². The molecule has 0 bridgehead atoms. The first-order valence-electron chi connectivity index (χ1n) is 6.30. The van der Waals surface area contributed by atoms with Gasteiger partial charge in [0.05, 0.1) is 11.1 Å². The Labute approximate surface area is 131 Å². The highest BCUT2D eigenvalue weighted by atomic mass is 32.1. The predicted molar refractivity (Wildman–Crippen MR) is 77.9 cm³/mol. The molecule has 0 fully saturated rings. The van der Waals surface area contributed by atoms with Crippen molar-refractivity contribution in [2.45, 2.75) is 0 Å². The largest absolute Gasteiger partial charge is 0.467 e. The summed E-state index contributed by atoms with van der Waals surface area (Å²) in [6, 6.07) is 3.38. The fourth-order valence-corrected chi connectivity index (χ4v) is 2.55. The number of carbonyl (C=O) groups is 1. The van der Waals surface area contributed by atoms with Crippen LogP contribution in [0.25, 0.3) is 10.2 Å². The number of anilines is 1. The predicted octanol–water partition coefficient (Wildman–Crippen LogP) is 3.13. The van der Waals surface area contributed by atoms with Crippen molar-refractivity contribution in [2.24, 2.45) is 0 Å². The number of thiophene rings is 1. The summed E-state index contributed by atoms with van der Waals surface area (Å²) in [6.07, 6.45) is 1.29. The molecule has 23 heavy (non-hydrogen) atoms. The van der Waals surface area contributed by atoms with E-state index in [9.17, 15) is 18.0 Å². The van der Waals surface area contributed by atoms with Crippen molar-refractivity contribution in [1.82, 2.24) is 9.97 Å². The maximum absolute atomic E-state index is 13.5. The normalized spacial score (nSPS) is 10.7. The maximum atomic E-state index is 13.5. The zero-order valence-electron chi connectivity index (χ0n) is 11.3. The number of hydrogen-bond acceptors (Lipinski definition) is 5. The van der Waals surface area contributed by atoms with Crippen LogP contribution in [0.1, 0.15) is 0 Å². The van der Waals surface area contributed by atoms with E-state index in [4.69, 9.17) is 4.74 Å². The number of benzene rings is 1. The third kappa shape index (κ3) is 3.09. The van der Waals surface area contributed by atoms with E-state index >= 15 is 0 Å². The number of halogens is 3. The lowest BCUT2D eigenvalue weighted by Crippen LogP contribution is -2.21. The van der Waals surface area contributed by atoms with Crippen LogP contribution in [0.15, 0.2) is 29.9 Å². The topological polar surface area (TPSA) is 64.1 Å². The molecule has 0 aliphatic heterocycles. The van der Waals surface area contributed by atoms with Gasteiger partial charge < -0.3 is 10.1 Å². The molecule has 2 heterocycles. The van der Waals surface area contributed by atoms with E-state index in [0.29, 0.717) is 16.3 Å². The molecule has 0 saturated carbocycles. The van der Waals surface area contributed by atoms with Crippen LogP contribution in [0.2, 0.25) is 0 Å². The molecule has 2 aromatic heterocycles. The summed E-state index contributed by atoms with van der Waals surface area (Å²) in [5.41, 5.74) is -0.471. The number of fused-ring (bicyclic) bond motifs is 1. The van der Waals surface area contributed by atoms with Gasteiger partial charge in [-0.1, -0.05) is 0 Å². The summed E-state index contributed by atoms with van der Waals surface area (Å²) in [6.45, 7) is -0.472. The minimum Gasteiger partial charge on any atom is -0.467 e. The second kappa shape index (κ2) is 6.21. The molecule has 0 atom stereocenters. The van der Waals surface area contributed by atoms with Gasteiger partial charge in [-0.2, -0.15) is 0 Å². The van der Waals surface area contributed by atoms with Gasteiger partial charge in [0.1, 0.15) is 11.2 Å². The Morgan fingerprint density at radius 1 is 1.17 bits per heavy atom. The zero-order chi connectivity index (χ0) is 16.4. The standard InChI is InChI=1S/C14H8F3N3O2S/c15-8-1-2-9(12(17)11(8)16)20-10(21)5-22-13-7-3-4-23-14(7)19-6-18-13/h1-4,6H,5H2,(H,20,21). The van der Waals surface area contributed by atoms with Gasteiger partial charge in [-0.05, 0) is 23.6 Å². The zero-order valence-corrected chi connectivity index (χ0v) is 12.2. The van der Waals surface area contributed by atoms with Gasteiger partial charge in [0, 0.05) is 0 Å². The number of carbonyl (C=O) groups excluding carboxylic acids is 1. The Morgan fingerprint density at radius 3 is 2.83 bits per heavy atom. The maximum Gasteiger partial charge on any atom is 0.262 e. The van der Waals surface area contributed by atoms with Crippen LogP contribution in [-0.4, -0.2) is 22.5 Å². The van der Waals surface area contributed by atoms with E-state index in [1.807, 2.05) is 0 Å². The van der Waals surface area contributed by atoms with E-state index in [1.165, 1.54) is 17.7 Å². The lowest BCUT2D eigenvalue weighted by molar-refractivity contribution is -0.118.